The Balaban J connectivity index is 2.27. The fourth-order valence-corrected chi connectivity index (χ4v) is 3.47. The van der Waals surface area contributed by atoms with Crippen LogP contribution in [0.5, 0.6) is 5.75 Å². The first-order valence-corrected chi connectivity index (χ1v) is 8.69. The van der Waals surface area contributed by atoms with Crippen molar-refractivity contribution in [3.63, 3.8) is 0 Å². The number of carbonyl (C=O) groups excluding carboxylic acids is 1. The summed E-state index contributed by atoms with van der Waals surface area (Å²) < 4.78 is 5.43. The minimum atomic E-state index is -0.500. The Morgan fingerprint density at radius 3 is 2.35 bits per heavy atom. The number of fused-ring (bicyclic) bond motifs is 1. The minimum Gasteiger partial charge on any atom is -0.495 e. The van der Waals surface area contributed by atoms with Crippen LogP contribution in [0.4, 0.5) is 5.69 Å². The van der Waals surface area contributed by atoms with E-state index in [2.05, 4.69) is 30.1 Å². The third-order valence-corrected chi connectivity index (χ3v) is 4.68. The zero-order valence-electron chi connectivity index (χ0n) is 15.2. The van der Waals surface area contributed by atoms with Crippen molar-refractivity contribution in [3.8, 4) is 5.75 Å². The Labute approximate surface area is 140 Å². The number of benzene rings is 1. The molecule has 1 amide bonds. The highest BCUT2D eigenvalue weighted by atomic mass is 16.5. The Bertz CT molecular complexity index is 561. The first-order valence-electron chi connectivity index (χ1n) is 8.69. The molecule has 0 atom stereocenters. The van der Waals surface area contributed by atoms with Gasteiger partial charge in [0, 0.05) is 6.54 Å². The van der Waals surface area contributed by atoms with Gasteiger partial charge in [0.15, 0.2) is 0 Å². The first kappa shape index (κ1) is 17.8. The molecule has 0 saturated carbocycles. The predicted molar refractivity (Wildman–Crippen MR) is 95.4 cm³/mol. The molecule has 1 aliphatic rings. The van der Waals surface area contributed by atoms with Crippen LogP contribution in [0.15, 0.2) is 12.1 Å². The van der Waals surface area contributed by atoms with E-state index in [9.17, 15) is 4.79 Å². The molecule has 4 nitrogen and oxygen atoms in total. The number of ether oxygens (including phenoxy) is 1. The monoisotopic (exact) mass is 318 g/mol. The Morgan fingerprint density at radius 2 is 1.78 bits per heavy atom. The van der Waals surface area contributed by atoms with Gasteiger partial charge in [0.05, 0.1) is 18.2 Å². The molecule has 0 bridgehead atoms. The van der Waals surface area contributed by atoms with Crippen LogP contribution in [0, 0.1) is 0 Å². The van der Waals surface area contributed by atoms with E-state index < -0.39 is 5.41 Å². The molecule has 0 unspecified atom stereocenters. The van der Waals surface area contributed by atoms with Crippen LogP contribution in [-0.4, -0.2) is 37.6 Å². The fraction of sp³-hybridized carbons (Fsp3) is 0.632. The van der Waals surface area contributed by atoms with Gasteiger partial charge >= 0.3 is 0 Å². The van der Waals surface area contributed by atoms with Crippen molar-refractivity contribution in [2.45, 2.75) is 52.4 Å². The molecule has 2 rings (SSSR count). The maximum atomic E-state index is 12.3. The smallest absolute Gasteiger partial charge is 0.234 e. The molecule has 1 N–H and O–H groups in total. The van der Waals surface area contributed by atoms with Gasteiger partial charge in [0.1, 0.15) is 5.75 Å². The summed E-state index contributed by atoms with van der Waals surface area (Å²) in [7, 11) is 1.65. The topological polar surface area (TPSA) is 41.6 Å². The van der Waals surface area contributed by atoms with Gasteiger partial charge in [-0.2, -0.15) is 0 Å². The third-order valence-electron chi connectivity index (χ3n) is 4.68. The molecule has 0 radical (unpaired) electrons. The van der Waals surface area contributed by atoms with Gasteiger partial charge in [0.2, 0.25) is 5.91 Å². The fourth-order valence-electron chi connectivity index (χ4n) is 3.47. The number of hydrogen-bond acceptors (Lipinski definition) is 3. The third kappa shape index (κ3) is 3.52. The van der Waals surface area contributed by atoms with Gasteiger partial charge in [0.25, 0.3) is 0 Å². The van der Waals surface area contributed by atoms with Gasteiger partial charge in [-0.25, -0.2) is 0 Å². The van der Waals surface area contributed by atoms with E-state index in [1.807, 2.05) is 19.9 Å². The highest BCUT2D eigenvalue weighted by Gasteiger charge is 2.41. The molecule has 1 heterocycles. The number of methoxy groups -OCH3 is 1. The van der Waals surface area contributed by atoms with Crippen molar-refractivity contribution in [1.29, 1.82) is 0 Å². The SMILES string of the molecule is CCCN(CCC)CCc1ccc(OC)c2c1C(C)(C)C(=O)N2. The zero-order valence-corrected chi connectivity index (χ0v) is 15.2. The lowest BCUT2D eigenvalue weighted by molar-refractivity contribution is -0.119. The Hall–Kier alpha value is -1.55. The average molecular weight is 318 g/mol. The minimum absolute atomic E-state index is 0.0530. The van der Waals surface area contributed by atoms with Crippen molar-refractivity contribution in [3.05, 3.63) is 23.3 Å². The van der Waals surface area contributed by atoms with Crippen LogP contribution in [0.2, 0.25) is 0 Å². The molecule has 0 aromatic heterocycles. The maximum Gasteiger partial charge on any atom is 0.234 e. The second kappa shape index (κ2) is 7.35. The highest BCUT2D eigenvalue weighted by molar-refractivity contribution is 6.07. The number of hydrogen-bond donors (Lipinski definition) is 1. The summed E-state index contributed by atoms with van der Waals surface area (Å²) in [5, 5.41) is 3.01. The van der Waals surface area contributed by atoms with Crippen LogP contribution in [0.25, 0.3) is 0 Å². The van der Waals surface area contributed by atoms with Crippen LogP contribution >= 0.6 is 0 Å². The van der Waals surface area contributed by atoms with Crippen molar-refractivity contribution in [2.75, 3.05) is 32.1 Å². The van der Waals surface area contributed by atoms with Gasteiger partial charge in [-0.15, -0.1) is 0 Å². The number of nitrogens with one attached hydrogen (secondary N) is 1. The largest absolute Gasteiger partial charge is 0.495 e. The predicted octanol–water partition coefficient (Wildman–Crippen LogP) is 3.59. The molecule has 0 saturated heterocycles. The summed E-state index contributed by atoms with van der Waals surface area (Å²) in [5.74, 6) is 0.805. The van der Waals surface area contributed by atoms with Crippen molar-refractivity contribution < 1.29 is 9.53 Å². The molecule has 1 aromatic rings. The van der Waals surface area contributed by atoms with Crippen molar-refractivity contribution >= 4 is 11.6 Å². The normalized spacial score (nSPS) is 15.7. The number of nitrogens with zero attached hydrogens (tertiary/aromatic N) is 1. The van der Waals surface area contributed by atoms with Gasteiger partial charge in [-0.3, -0.25) is 4.79 Å². The zero-order chi connectivity index (χ0) is 17.0. The second-order valence-corrected chi connectivity index (χ2v) is 6.85. The second-order valence-electron chi connectivity index (χ2n) is 6.85. The maximum absolute atomic E-state index is 12.3. The van der Waals surface area contributed by atoms with Gasteiger partial charge in [-0.1, -0.05) is 19.9 Å². The van der Waals surface area contributed by atoms with Crippen LogP contribution in [-0.2, 0) is 16.6 Å². The number of rotatable bonds is 8. The molecular formula is C19H30N2O2. The van der Waals surface area contributed by atoms with E-state index >= 15 is 0 Å². The highest BCUT2D eigenvalue weighted by Crippen LogP contribution is 2.45. The van der Waals surface area contributed by atoms with E-state index in [0.29, 0.717) is 0 Å². The summed E-state index contributed by atoms with van der Waals surface area (Å²) in [4.78, 5) is 14.8. The van der Waals surface area contributed by atoms with E-state index in [1.54, 1.807) is 7.11 Å². The molecule has 0 aliphatic carbocycles. The summed E-state index contributed by atoms with van der Waals surface area (Å²) in [5.41, 5.74) is 2.72. The average Bonchev–Trinajstić information content (AvgIpc) is 2.76. The molecule has 128 valence electrons. The number of anilines is 1. The van der Waals surface area contributed by atoms with Crippen molar-refractivity contribution in [2.24, 2.45) is 0 Å². The lowest BCUT2D eigenvalue weighted by Gasteiger charge is -2.24. The van der Waals surface area contributed by atoms with Crippen LogP contribution in [0.3, 0.4) is 0 Å². The Kier molecular flexibility index (Phi) is 5.69. The lowest BCUT2D eigenvalue weighted by Crippen LogP contribution is -2.30. The van der Waals surface area contributed by atoms with Gasteiger partial charge in [-0.05, 0) is 63.4 Å². The summed E-state index contributed by atoms with van der Waals surface area (Å²) in [6.07, 6.45) is 3.31. The van der Waals surface area contributed by atoms with Crippen LogP contribution in [0.1, 0.15) is 51.7 Å². The number of carbonyl (C=O) groups is 1. The van der Waals surface area contributed by atoms with E-state index in [1.165, 1.54) is 18.4 Å². The van der Waals surface area contributed by atoms with E-state index in [0.717, 1.165) is 43.1 Å². The van der Waals surface area contributed by atoms with E-state index in [4.69, 9.17) is 4.74 Å². The molecule has 1 aliphatic heterocycles. The standard InChI is InChI=1S/C19H30N2O2/c1-6-11-21(12-7-2)13-10-14-8-9-15(23-5)17-16(14)19(3,4)18(22)20-17/h8-9H,6-7,10-13H2,1-5H3,(H,20,22). The van der Waals surface area contributed by atoms with E-state index in [-0.39, 0.29) is 5.91 Å². The summed E-state index contributed by atoms with van der Waals surface area (Å²) >= 11 is 0. The van der Waals surface area contributed by atoms with Crippen molar-refractivity contribution in [1.82, 2.24) is 4.90 Å². The molecule has 0 spiro atoms. The molecule has 23 heavy (non-hydrogen) atoms. The summed E-state index contributed by atoms with van der Waals surface area (Å²) in [6.45, 7) is 11.7. The summed E-state index contributed by atoms with van der Waals surface area (Å²) in [6, 6.07) is 4.09. The number of amides is 1. The lowest BCUT2D eigenvalue weighted by atomic mass is 9.82. The molecule has 4 heteroatoms. The molecular weight excluding hydrogens is 288 g/mol. The molecule has 0 fully saturated rings. The Morgan fingerprint density at radius 1 is 1.13 bits per heavy atom. The first-order chi connectivity index (χ1) is 11.0. The van der Waals surface area contributed by atoms with Gasteiger partial charge < -0.3 is 15.0 Å². The van der Waals surface area contributed by atoms with Crippen LogP contribution < -0.4 is 10.1 Å². The molecule has 1 aromatic carbocycles. The quantitative estimate of drug-likeness (QED) is 0.796.